The number of alkyl halides is 3. The van der Waals surface area contributed by atoms with Gasteiger partial charge in [0, 0.05) is 12.1 Å². The average molecular weight is 367 g/mol. The van der Waals surface area contributed by atoms with Crippen LogP contribution in [0.15, 0.2) is 48.5 Å². The SMILES string of the molecule is CCCC(OC(=O)Nc1ccccc1C)Oc1cccc(C(F)(F)F)c1. The molecule has 0 aliphatic heterocycles. The maximum Gasteiger partial charge on any atom is 0.416 e. The van der Waals surface area contributed by atoms with E-state index in [9.17, 15) is 18.0 Å². The van der Waals surface area contributed by atoms with E-state index in [4.69, 9.17) is 9.47 Å². The second kappa shape index (κ2) is 8.60. The highest BCUT2D eigenvalue weighted by atomic mass is 19.4. The molecule has 0 aliphatic rings. The molecule has 2 rings (SSSR count). The highest BCUT2D eigenvalue weighted by Gasteiger charge is 2.31. The number of anilines is 1. The third-order valence-corrected chi connectivity index (χ3v) is 3.57. The standard InChI is InChI=1S/C19H20F3NO3/c1-3-7-17(25-15-10-6-9-14(12-15)19(20,21)22)26-18(24)23-16-11-5-4-8-13(16)2/h4-6,8-12,17H,3,7H2,1-2H3,(H,23,24). The summed E-state index contributed by atoms with van der Waals surface area (Å²) in [5.41, 5.74) is 0.622. The third-order valence-electron chi connectivity index (χ3n) is 3.57. The molecule has 26 heavy (non-hydrogen) atoms. The average Bonchev–Trinajstić information content (AvgIpc) is 2.56. The van der Waals surface area contributed by atoms with E-state index in [2.05, 4.69) is 5.32 Å². The van der Waals surface area contributed by atoms with Crippen molar-refractivity contribution in [3.63, 3.8) is 0 Å². The number of ether oxygens (including phenoxy) is 2. The van der Waals surface area contributed by atoms with Crippen LogP contribution in [0.25, 0.3) is 0 Å². The van der Waals surface area contributed by atoms with E-state index in [1.54, 1.807) is 12.1 Å². The number of rotatable bonds is 6. The quantitative estimate of drug-likeness (QED) is 0.660. The number of aryl methyl sites for hydroxylation is 1. The van der Waals surface area contributed by atoms with E-state index in [1.807, 2.05) is 26.0 Å². The van der Waals surface area contributed by atoms with Crippen molar-refractivity contribution < 1.29 is 27.4 Å². The van der Waals surface area contributed by atoms with E-state index in [0.29, 0.717) is 18.5 Å². The smallest absolute Gasteiger partial charge is 0.416 e. The molecule has 0 saturated carbocycles. The second-order valence-electron chi connectivity index (χ2n) is 5.71. The summed E-state index contributed by atoms with van der Waals surface area (Å²) in [6.45, 7) is 3.68. The number of carbonyl (C=O) groups excluding carboxylic acids is 1. The van der Waals surface area contributed by atoms with Crippen molar-refractivity contribution in [3.05, 3.63) is 59.7 Å². The molecule has 140 valence electrons. The Morgan fingerprint density at radius 1 is 1.15 bits per heavy atom. The van der Waals surface area contributed by atoms with E-state index < -0.39 is 24.1 Å². The molecule has 0 fully saturated rings. The molecule has 0 bridgehead atoms. The fourth-order valence-corrected chi connectivity index (χ4v) is 2.25. The molecule has 0 saturated heterocycles. The molecule has 1 unspecified atom stereocenters. The molecule has 1 atom stereocenters. The van der Waals surface area contributed by atoms with E-state index in [1.165, 1.54) is 12.1 Å². The van der Waals surface area contributed by atoms with Gasteiger partial charge in [-0.3, -0.25) is 5.32 Å². The van der Waals surface area contributed by atoms with Gasteiger partial charge in [-0.05, 0) is 43.2 Å². The summed E-state index contributed by atoms with van der Waals surface area (Å²) in [6, 6.07) is 11.6. The Kier molecular flexibility index (Phi) is 6.49. The van der Waals surface area contributed by atoms with Crippen molar-refractivity contribution in [1.82, 2.24) is 0 Å². The number of hydrogen-bond donors (Lipinski definition) is 1. The van der Waals surface area contributed by atoms with E-state index in [0.717, 1.165) is 17.7 Å². The Hall–Kier alpha value is -2.70. The van der Waals surface area contributed by atoms with Crippen molar-refractivity contribution in [2.75, 3.05) is 5.32 Å². The minimum atomic E-state index is -4.47. The van der Waals surface area contributed by atoms with Gasteiger partial charge in [-0.15, -0.1) is 0 Å². The Labute approximate surface area is 149 Å². The van der Waals surface area contributed by atoms with Gasteiger partial charge >= 0.3 is 12.3 Å². The Morgan fingerprint density at radius 3 is 2.54 bits per heavy atom. The minimum absolute atomic E-state index is 0.0121. The van der Waals surface area contributed by atoms with Gasteiger partial charge in [0.2, 0.25) is 6.29 Å². The summed E-state index contributed by atoms with van der Waals surface area (Å²) in [7, 11) is 0. The molecule has 2 aromatic carbocycles. The molecule has 2 aromatic rings. The molecular formula is C19H20F3NO3. The van der Waals surface area contributed by atoms with Gasteiger partial charge in [-0.2, -0.15) is 13.2 Å². The first-order valence-corrected chi connectivity index (χ1v) is 8.16. The van der Waals surface area contributed by atoms with Crippen LogP contribution in [-0.2, 0) is 10.9 Å². The van der Waals surface area contributed by atoms with Crippen LogP contribution in [0.5, 0.6) is 5.75 Å². The summed E-state index contributed by atoms with van der Waals surface area (Å²) < 4.78 is 49.1. The van der Waals surface area contributed by atoms with E-state index in [-0.39, 0.29) is 5.75 Å². The van der Waals surface area contributed by atoms with Crippen LogP contribution < -0.4 is 10.1 Å². The van der Waals surface area contributed by atoms with Crippen molar-refractivity contribution in [3.8, 4) is 5.75 Å². The topological polar surface area (TPSA) is 47.6 Å². The number of amides is 1. The van der Waals surface area contributed by atoms with Crippen LogP contribution in [-0.4, -0.2) is 12.4 Å². The maximum absolute atomic E-state index is 12.8. The van der Waals surface area contributed by atoms with Crippen LogP contribution in [0.3, 0.4) is 0 Å². The van der Waals surface area contributed by atoms with Crippen LogP contribution >= 0.6 is 0 Å². The number of benzene rings is 2. The molecule has 4 nitrogen and oxygen atoms in total. The Bertz CT molecular complexity index is 747. The molecule has 0 radical (unpaired) electrons. The highest BCUT2D eigenvalue weighted by molar-refractivity contribution is 5.85. The molecule has 0 aliphatic carbocycles. The molecule has 1 N–H and O–H groups in total. The maximum atomic E-state index is 12.8. The minimum Gasteiger partial charge on any atom is -0.455 e. The molecule has 7 heteroatoms. The fraction of sp³-hybridized carbons (Fsp3) is 0.316. The lowest BCUT2D eigenvalue weighted by Gasteiger charge is -2.20. The molecule has 0 aromatic heterocycles. The first-order valence-electron chi connectivity index (χ1n) is 8.16. The molecule has 0 spiro atoms. The predicted molar refractivity (Wildman–Crippen MR) is 92.1 cm³/mol. The zero-order chi connectivity index (χ0) is 19.2. The number of nitrogens with one attached hydrogen (secondary N) is 1. The third kappa shape index (κ3) is 5.68. The Morgan fingerprint density at radius 2 is 1.88 bits per heavy atom. The predicted octanol–water partition coefficient (Wildman–Crippen LogP) is 5.77. The first kappa shape index (κ1) is 19.6. The summed E-state index contributed by atoms with van der Waals surface area (Å²) in [5.74, 6) is -0.0121. The number of carbonyl (C=O) groups is 1. The van der Waals surface area contributed by atoms with Gasteiger partial charge in [-0.25, -0.2) is 4.79 Å². The van der Waals surface area contributed by atoms with Gasteiger partial charge in [0.05, 0.1) is 5.56 Å². The zero-order valence-electron chi connectivity index (χ0n) is 14.5. The van der Waals surface area contributed by atoms with Gasteiger partial charge in [0.1, 0.15) is 5.75 Å². The molecule has 0 heterocycles. The number of hydrogen-bond acceptors (Lipinski definition) is 3. The van der Waals surface area contributed by atoms with Crippen molar-refractivity contribution in [2.45, 2.75) is 39.2 Å². The van der Waals surface area contributed by atoms with Crippen LogP contribution in [0.2, 0.25) is 0 Å². The van der Waals surface area contributed by atoms with Crippen LogP contribution in [0.4, 0.5) is 23.7 Å². The number of halogens is 3. The number of para-hydroxylation sites is 1. The monoisotopic (exact) mass is 367 g/mol. The molecule has 1 amide bonds. The summed E-state index contributed by atoms with van der Waals surface area (Å²) in [4.78, 5) is 12.1. The zero-order valence-corrected chi connectivity index (χ0v) is 14.5. The first-order chi connectivity index (χ1) is 12.3. The summed E-state index contributed by atoms with van der Waals surface area (Å²) in [6.07, 6.45) is -5.22. The second-order valence-corrected chi connectivity index (χ2v) is 5.71. The normalized spacial score (nSPS) is 12.3. The Balaban J connectivity index is 2.04. The highest BCUT2D eigenvalue weighted by Crippen LogP contribution is 2.31. The van der Waals surface area contributed by atoms with Gasteiger partial charge in [-0.1, -0.05) is 31.2 Å². The van der Waals surface area contributed by atoms with Gasteiger partial charge < -0.3 is 9.47 Å². The lowest BCUT2D eigenvalue weighted by molar-refractivity contribution is -0.137. The van der Waals surface area contributed by atoms with E-state index >= 15 is 0 Å². The molecular weight excluding hydrogens is 347 g/mol. The van der Waals surface area contributed by atoms with Gasteiger partial charge in [0.15, 0.2) is 0 Å². The van der Waals surface area contributed by atoms with Crippen molar-refractivity contribution in [1.29, 1.82) is 0 Å². The lowest BCUT2D eigenvalue weighted by atomic mass is 10.2. The summed E-state index contributed by atoms with van der Waals surface area (Å²) >= 11 is 0. The largest absolute Gasteiger partial charge is 0.455 e. The van der Waals surface area contributed by atoms with Crippen molar-refractivity contribution >= 4 is 11.8 Å². The van der Waals surface area contributed by atoms with Crippen LogP contribution in [0, 0.1) is 6.92 Å². The fourth-order valence-electron chi connectivity index (χ4n) is 2.25. The van der Waals surface area contributed by atoms with Crippen LogP contribution in [0.1, 0.15) is 30.9 Å². The van der Waals surface area contributed by atoms with Crippen molar-refractivity contribution in [2.24, 2.45) is 0 Å². The lowest BCUT2D eigenvalue weighted by Crippen LogP contribution is -2.27. The van der Waals surface area contributed by atoms with Gasteiger partial charge in [0.25, 0.3) is 0 Å². The summed E-state index contributed by atoms with van der Waals surface area (Å²) in [5, 5.41) is 2.60.